The van der Waals surface area contributed by atoms with Crippen molar-refractivity contribution in [2.24, 2.45) is 10.7 Å². The minimum Gasteiger partial charge on any atom is -0.384 e. The monoisotopic (exact) mass is 341 g/mol. The number of aliphatic imine (C=N–C) groups is 1. The number of nitrogens with one attached hydrogen (secondary N) is 1. The Morgan fingerprint density at radius 3 is 2.20 bits per heavy atom. The number of para-hydroxylation sites is 1. The molecule has 0 saturated heterocycles. The van der Waals surface area contributed by atoms with Crippen LogP contribution in [0.25, 0.3) is 0 Å². The molecule has 25 heavy (non-hydrogen) atoms. The highest BCUT2D eigenvalue weighted by Gasteiger charge is 2.76. The number of carbonyl (C=O) groups is 1. The maximum Gasteiger partial charge on any atom is 0.268 e. The van der Waals surface area contributed by atoms with Gasteiger partial charge in [-0.05, 0) is 23.8 Å². The lowest BCUT2D eigenvalue weighted by atomic mass is 9.94. The van der Waals surface area contributed by atoms with Gasteiger partial charge >= 0.3 is 0 Å². The fourth-order valence-corrected chi connectivity index (χ4v) is 2.69. The molecule has 128 valence electrons. The molecule has 1 amide bonds. The molecule has 2 aromatic rings. The van der Waals surface area contributed by atoms with Crippen LogP contribution in [0.4, 0.5) is 14.5 Å². The molecular weight excluding hydrogens is 324 g/mol. The van der Waals surface area contributed by atoms with Crippen molar-refractivity contribution in [3.63, 3.8) is 0 Å². The molecule has 4 nitrogen and oxygen atoms in total. The molecular formula is C19H17F2N3O. The predicted molar refractivity (Wildman–Crippen MR) is 93.5 cm³/mol. The molecule has 2 aromatic carbocycles. The second-order valence-electron chi connectivity index (χ2n) is 5.84. The minimum absolute atomic E-state index is 0.133. The van der Waals surface area contributed by atoms with Crippen molar-refractivity contribution in [3.8, 4) is 0 Å². The second-order valence-corrected chi connectivity index (χ2v) is 5.84. The Morgan fingerprint density at radius 1 is 1.08 bits per heavy atom. The Kier molecular flexibility index (Phi) is 4.35. The van der Waals surface area contributed by atoms with Gasteiger partial charge in [0.1, 0.15) is 11.3 Å². The highest BCUT2D eigenvalue weighted by Crippen LogP contribution is 2.62. The summed E-state index contributed by atoms with van der Waals surface area (Å²) in [5.41, 5.74) is 4.87. The van der Waals surface area contributed by atoms with E-state index < -0.39 is 23.7 Å². The summed E-state index contributed by atoms with van der Waals surface area (Å²) in [4.78, 5) is 16.0. The van der Waals surface area contributed by atoms with Gasteiger partial charge in [0.2, 0.25) is 0 Å². The molecule has 0 spiro atoms. The summed E-state index contributed by atoms with van der Waals surface area (Å²) in [6.07, 6.45) is 2.32. The van der Waals surface area contributed by atoms with Crippen LogP contribution in [-0.2, 0) is 10.2 Å². The largest absolute Gasteiger partial charge is 0.384 e. The number of benzene rings is 2. The number of nitrogens with two attached hydrogens (primary N) is 1. The van der Waals surface area contributed by atoms with Crippen LogP contribution in [0, 0.1) is 0 Å². The number of amidine groups is 1. The van der Waals surface area contributed by atoms with Gasteiger partial charge in [-0.3, -0.25) is 4.79 Å². The number of rotatable bonds is 5. The van der Waals surface area contributed by atoms with Crippen LogP contribution in [0.1, 0.15) is 12.0 Å². The molecule has 1 atom stereocenters. The molecule has 1 fully saturated rings. The van der Waals surface area contributed by atoms with E-state index in [-0.39, 0.29) is 11.4 Å². The van der Waals surface area contributed by atoms with Gasteiger partial charge in [-0.25, -0.2) is 8.78 Å². The average molecular weight is 341 g/mol. The smallest absolute Gasteiger partial charge is 0.268 e. The van der Waals surface area contributed by atoms with Gasteiger partial charge in [0.15, 0.2) is 0 Å². The van der Waals surface area contributed by atoms with Crippen LogP contribution in [-0.4, -0.2) is 17.7 Å². The van der Waals surface area contributed by atoms with Gasteiger partial charge in [0.25, 0.3) is 11.8 Å². The molecule has 0 heterocycles. The third kappa shape index (κ3) is 3.28. The molecule has 0 aromatic heterocycles. The van der Waals surface area contributed by atoms with E-state index in [4.69, 9.17) is 5.73 Å². The van der Waals surface area contributed by atoms with Crippen molar-refractivity contribution in [1.82, 2.24) is 0 Å². The standard InChI is InChI=1S/C19H17F2N3O/c20-19(21)13-18(19,14-7-3-1-4-8-14)17(25)24-16(22)11-12-23-15-9-5-2-6-10-15/h1-12,23H,13H2,(H2,22,24,25)/b12-11-/t18-/m1/s1. The maximum absolute atomic E-state index is 14.0. The number of anilines is 1. The number of nitrogens with zero attached hydrogens (tertiary/aromatic N) is 1. The Morgan fingerprint density at radius 2 is 1.64 bits per heavy atom. The maximum atomic E-state index is 14.0. The Labute approximate surface area is 144 Å². The van der Waals surface area contributed by atoms with E-state index in [1.165, 1.54) is 24.4 Å². The van der Waals surface area contributed by atoms with Gasteiger partial charge < -0.3 is 11.1 Å². The molecule has 3 rings (SSSR count). The molecule has 0 aliphatic heterocycles. The second kappa shape index (κ2) is 6.47. The van der Waals surface area contributed by atoms with Gasteiger partial charge in [0.05, 0.1) is 0 Å². The first-order valence-electron chi connectivity index (χ1n) is 7.76. The summed E-state index contributed by atoms with van der Waals surface area (Å²) in [5, 5.41) is 2.95. The van der Waals surface area contributed by atoms with Crippen LogP contribution in [0.3, 0.4) is 0 Å². The molecule has 0 unspecified atom stereocenters. The molecule has 1 saturated carbocycles. The molecule has 6 heteroatoms. The van der Waals surface area contributed by atoms with Crippen molar-refractivity contribution in [3.05, 3.63) is 78.5 Å². The van der Waals surface area contributed by atoms with Gasteiger partial charge in [0, 0.05) is 18.3 Å². The quantitative estimate of drug-likeness (QED) is 0.646. The lowest BCUT2D eigenvalue weighted by molar-refractivity contribution is -0.122. The lowest BCUT2D eigenvalue weighted by Crippen LogP contribution is -2.28. The number of hydrogen-bond acceptors (Lipinski definition) is 2. The molecule has 1 aliphatic rings. The summed E-state index contributed by atoms with van der Waals surface area (Å²) >= 11 is 0. The third-order valence-electron chi connectivity index (χ3n) is 4.13. The molecule has 0 bridgehead atoms. The summed E-state index contributed by atoms with van der Waals surface area (Å²) in [7, 11) is 0. The third-order valence-corrected chi connectivity index (χ3v) is 4.13. The predicted octanol–water partition coefficient (Wildman–Crippen LogP) is 3.47. The number of amides is 1. The zero-order valence-corrected chi connectivity index (χ0v) is 13.3. The van der Waals surface area contributed by atoms with Crippen LogP contribution in [0.5, 0.6) is 0 Å². The minimum atomic E-state index is -3.11. The summed E-state index contributed by atoms with van der Waals surface area (Å²) < 4.78 is 27.9. The highest BCUT2D eigenvalue weighted by molar-refractivity contribution is 6.05. The van der Waals surface area contributed by atoms with E-state index in [9.17, 15) is 13.6 Å². The van der Waals surface area contributed by atoms with E-state index in [2.05, 4.69) is 10.3 Å². The van der Waals surface area contributed by atoms with Gasteiger partial charge in [-0.2, -0.15) is 4.99 Å². The van der Waals surface area contributed by atoms with Gasteiger partial charge in [-0.15, -0.1) is 0 Å². The fraction of sp³-hybridized carbons (Fsp3) is 0.158. The van der Waals surface area contributed by atoms with Gasteiger partial charge in [-0.1, -0.05) is 48.5 Å². The Bertz CT molecular complexity index is 819. The highest BCUT2D eigenvalue weighted by atomic mass is 19.3. The Balaban J connectivity index is 1.74. The average Bonchev–Trinajstić information content (AvgIpc) is 3.20. The van der Waals surface area contributed by atoms with Crippen molar-refractivity contribution in [1.29, 1.82) is 0 Å². The Hall–Kier alpha value is -3.02. The number of alkyl halides is 2. The van der Waals surface area contributed by atoms with E-state index in [0.29, 0.717) is 0 Å². The van der Waals surface area contributed by atoms with Crippen molar-refractivity contribution in [2.75, 3.05) is 5.32 Å². The first kappa shape index (κ1) is 16.8. The fourth-order valence-electron chi connectivity index (χ4n) is 2.69. The van der Waals surface area contributed by atoms with Crippen LogP contribution in [0.2, 0.25) is 0 Å². The zero-order valence-electron chi connectivity index (χ0n) is 13.3. The first-order chi connectivity index (χ1) is 12.0. The topological polar surface area (TPSA) is 67.5 Å². The molecule has 1 aliphatic carbocycles. The zero-order chi connectivity index (χ0) is 17.9. The van der Waals surface area contributed by atoms with Crippen molar-refractivity contribution in [2.45, 2.75) is 17.8 Å². The van der Waals surface area contributed by atoms with Crippen LogP contribution < -0.4 is 11.1 Å². The lowest BCUT2D eigenvalue weighted by Gasteiger charge is -2.12. The molecule has 0 radical (unpaired) electrons. The van der Waals surface area contributed by atoms with E-state index in [1.54, 1.807) is 18.2 Å². The number of hydrogen-bond donors (Lipinski definition) is 2. The normalized spacial score (nSPS) is 21.9. The summed E-state index contributed by atoms with van der Waals surface area (Å²) in [5.74, 6) is -4.17. The number of carbonyl (C=O) groups excluding carboxylic acids is 1. The van der Waals surface area contributed by atoms with Crippen LogP contribution >= 0.6 is 0 Å². The van der Waals surface area contributed by atoms with E-state index in [1.807, 2.05) is 30.3 Å². The summed E-state index contributed by atoms with van der Waals surface area (Å²) in [6, 6.07) is 17.3. The number of halogens is 2. The van der Waals surface area contributed by atoms with E-state index >= 15 is 0 Å². The van der Waals surface area contributed by atoms with Crippen molar-refractivity contribution >= 4 is 17.4 Å². The SMILES string of the molecule is NC(/C=C\Nc1ccccc1)=NC(=O)[C@]1(c2ccccc2)CC1(F)F. The first-order valence-corrected chi connectivity index (χ1v) is 7.76. The van der Waals surface area contributed by atoms with Crippen molar-refractivity contribution < 1.29 is 13.6 Å². The summed E-state index contributed by atoms with van der Waals surface area (Å²) in [6.45, 7) is 0. The van der Waals surface area contributed by atoms with Crippen LogP contribution in [0.15, 0.2) is 77.9 Å². The molecule has 3 N–H and O–H groups in total. The van der Waals surface area contributed by atoms with E-state index in [0.717, 1.165) is 5.69 Å².